The minimum atomic E-state index is -0.330. The highest BCUT2D eigenvalue weighted by Crippen LogP contribution is 2.29. The van der Waals surface area contributed by atoms with E-state index in [2.05, 4.69) is 10.1 Å². The Kier molecular flexibility index (Phi) is 3.69. The van der Waals surface area contributed by atoms with Gasteiger partial charge in [0.2, 0.25) is 0 Å². The number of carbonyl (C=O) groups excluding carboxylic acids is 1. The summed E-state index contributed by atoms with van der Waals surface area (Å²) in [5, 5.41) is 6.53. The number of para-hydroxylation sites is 1. The van der Waals surface area contributed by atoms with Gasteiger partial charge in [-0.25, -0.2) is 9.48 Å². The van der Waals surface area contributed by atoms with Crippen LogP contribution in [0, 0.1) is 6.92 Å². The fraction of sp³-hybridized carbons (Fsp3) is 0.150. The van der Waals surface area contributed by atoms with E-state index in [0.29, 0.717) is 12.2 Å². The van der Waals surface area contributed by atoms with E-state index in [1.165, 1.54) is 0 Å². The minimum Gasteiger partial charge on any atom is -0.462 e. The van der Waals surface area contributed by atoms with Gasteiger partial charge in [0.05, 0.1) is 34.6 Å². The van der Waals surface area contributed by atoms with Gasteiger partial charge in [-0.2, -0.15) is 5.10 Å². The van der Waals surface area contributed by atoms with Crippen LogP contribution in [0.15, 0.2) is 54.7 Å². The molecule has 0 unspecified atom stereocenters. The lowest BCUT2D eigenvalue weighted by molar-refractivity contribution is 0.0526. The second kappa shape index (κ2) is 6.02. The van der Waals surface area contributed by atoms with Crippen molar-refractivity contribution in [3.63, 3.8) is 0 Å². The number of pyridine rings is 1. The first kappa shape index (κ1) is 15.3. The number of fused-ring (bicyclic) bond motifs is 3. The number of nitrogens with zero attached hydrogens (tertiary/aromatic N) is 3. The van der Waals surface area contributed by atoms with Gasteiger partial charge in [0.25, 0.3) is 0 Å². The fourth-order valence-electron chi connectivity index (χ4n) is 3.02. The zero-order chi connectivity index (χ0) is 17.4. The van der Waals surface area contributed by atoms with Crippen molar-refractivity contribution < 1.29 is 9.53 Å². The lowest BCUT2D eigenvalue weighted by Crippen LogP contribution is -2.04. The van der Waals surface area contributed by atoms with Gasteiger partial charge in [0, 0.05) is 17.0 Å². The van der Waals surface area contributed by atoms with Crippen LogP contribution >= 0.6 is 0 Å². The van der Waals surface area contributed by atoms with Crippen molar-refractivity contribution in [2.45, 2.75) is 13.8 Å². The van der Waals surface area contributed by atoms with Crippen LogP contribution in [0.25, 0.3) is 27.5 Å². The molecule has 0 aliphatic carbocycles. The molecule has 0 N–H and O–H groups in total. The summed E-state index contributed by atoms with van der Waals surface area (Å²) in [6.07, 6.45) is 1.84. The van der Waals surface area contributed by atoms with Crippen molar-refractivity contribution in [2.24, 2.45) is 0 Å². The van der Waals surface area contributed by atoms with E-state index in [-0.39, 0.29) is 5.97 Å². The molecule has 2 heterocycles. The summed E-state index contributed by atoms with van der Waals surface area (Å²) in [7, 11) is 0. The van der Waals surface area contributed by atoms with Crippen LogP contribution in [-0.2, 0) is 4.74 Å². The Labute approximate surface area is 144 Å². The van der Waals surface area contributed by atoms with E-state index in [1.54, 1.807) is 13.0 Å². The monoisotopic (exact) mass is 331 g/mol. The fourth-order valence-corrected chi connectivity index (χ4v) is 3.02. The molecule has 0 amide bonds. The molecule has 0 spiro atoms. The van der Waals surface area contributed by atoms with Crippen molar-refractivity contribution in [3.8, 4) is 5.69 Å². The molecule has 4 rings (SSSR count). The van der Waals surface area contributed by atoms with E-state index in [4.69, 9.17) is 4.74 Å². The summed E-state index contributed by atoms with van der Waals surface area (Å²) in [6.45, 7) is 4.11. The highest BCUT2D eigenvalue weighted by atomic mass is 16.5. The van der Waals surface area contributed by atoms with E-state index in [0.717, 1.165) is 33.2 Å². The maximum atomic E-state index is 12.1. The Morgan fingerprint density at radius 2 is 1.92 bits per heavy atom. The van der Waals surface area contributed by atoms with Gasteiger partial charge in [0.15, 0.2) is 0 Å². The summed E-state index contributed by atoms with van der Waals surface area (Å²) >= 11 is 0. The first-order valence-electron chi connectivity index (χ1n) is 8.19. The lowest BCUT2D eigenvalue weighted by Gasteiger charge is -2.07. The zero-order valence-corrected chi connectivity index (χ0v) is 14.1. The molecule has 0 fully saturated rings. The molecule has 2 aromatic heterocycles. The maximum Gasteiger partial charge on any atom is 0.338 e. The van der Waals surface area contributed by atoms with Crippen molar-refractivity contribution >= 4 is 27.8 Å². The largest absolute Gasteiger partial charge is 0.462 e. The van der Waals surface area contributed by atoms with Crippen LogP contribution in [0.4, 0.5) is 0 Å². The number of ether oxygens (including phenoxy) is 1. The van der Waals surface area contributed by atoms with Crippen LogP contribution in [0.5, 0.6) is 0 Å². The quantitative estimate of drug-likeness (QED) is 0.531. The van der Waals surface area contributed by atoms with Gasteiger partial charge in [-0.05, 0) is 44.2 Å². The second-order valence-corrected chi connectivity index (χ2v) is 5.81. The molecule has 5 heteroatoms. The number of hydrogen-bond donors (Lipinski definition) is 0. The van der Waals surface area contributed by atoms with Crippen molar-refractivity contribution in [3.05, 3.63) is 66.0 Å². The molecular formula is C20H17N3O2. The standard InChI is InChI=1S/C20H17N3O2/c1-3-25-20(24)14-9-10-18-16(11-14)19-17(12-21-18)13(2)22-23(19)15-7-5-4-6-8-15/h4-12H,3H2,1-2H3. The molecule has 0 bridgehead atoms. The molecule has 5 nitrogen and oxygen atoms in total. The number of carbonyl (C=O) groups is 1. The predicted octanol–water partition coefficient (Wildman–Crippen LogP) is 4.06. The van der Waals surface area contributed by atoms with Crippen LogP contribution in [0.3, 0.4) is 0 Å². The Hall–Kier alpha value is -3.21. The van der Waals surface area contributed by atoms with E-state index < -0.39 is 0 Å². The van der Waals surface area contributed by atoms with Gasteiger partial charge in [0.1, 0.15) is 0 Å². The second-order valence-electron chi connectivity index (χ2n) is 5.81. The molecule has 0 saturated carbocycles. The topological polar surface area (TPSA) is 57.0 Å². The Bertz CT molecular complexity index is 1080. The summed E-state index contributed by atoms with van der Waals surface area (Å²) in [5.74, 6) is -0.330. The summed E-state index contributed by atoms with van der Waals surface area (Å²) in [5.41, 5.74) is 4.14. The van der Waals surface area contributed by atoms with Crippen molar-refractivity contribution in [1.29, 1.82) is 0 Å². The third kappa shape index (κ3) is 2.54. The normalized spacial score (nSPS) is 11.1. The number of hydrogen-bond acceptors (Lipinski definition) is 4. The number of rotatable bonds is 3. The van der Waals surface area contributed by atoms with Gasteiger partial charge < -0.3 is 4.74 Å². The molecule has 0 aliphatic rings. The van der Waals surface area contributed by atoms with Crippen LogP contribution in [-0.4, -0.2) is 27.3 Å². The number of aryl methyl sites for hydroxylation is 1. The average Bonchev–Trinajstić information content (AvgIpc) is 2.99. The van der Waals surface area contributed by atoms with Crippen molar-refractivity contribution in [2.75, 3.05) is 6.61 Å². The van der Waals surface area contributed by atoms with Crippen LogP contribution in [0.2, 0.25) is 0 Å². The highest BCUT2D eigenvalue weighted by molar-refractivity contribution is 6.07. The Morgan fingerprint density at radius 3 is 2.68 bits per heavy atom. The number of aromatic nitrogens is 3. The Morgan fingerprint density at radius 1 is 1.12 bits per heavy atom. The van der Waals surface area contributed by atoms with E-state index in [9.17, 15) is 4.79 Å². The molecule has 4 aromatic rings. The number of esters is 1. The van der Waals surface area contributed by atoms with E-state index in [1.807, 2.05) is 60.3 Å². The van der Waals surface area contributed by atoms with Gasteiger partial charge in [-0.15, -0.1) is 0 Å². The molecule has 2 aromatic carbocycles. The molecular weight excluding hydrogens is 314 g/mol. The highest BCUT2D eigenvalue weighted by Gasteiger charge is 2.15. The van der Waals surface area contributed by atoms with Crippen LogP contribution in [0.1, 0.15) is 23.0 Å². The van der Waals surface area contributed by atoms with Gasteiger partial charge in [-0.3, -0.25) is 4.98 Å². The van der Waals surface area contributed by atoms with Gasteiger partial charge >= 0.3 is 5.97 Å². The zero-order valence-electron chi connectivity index (χ0n) is 14.1. The lowest BCUT2D eigenvalue weighted by atomic mass is 10.1. The third-order valence-electron chi connectivity index (χ3n) is 4.20. The van der Waals surface area contributed by atoms with Crippen molar-refractivity contribution in [1.82, 2.24) is 14.8 Å². The summed E-state index contributed by atoms with van der Waals surface area (Å²) in [4.78, 5) is 16.6. The predicted molar refractivity (Wildman–Crippen MR) is 97.1 cm³/mol. The first-order chi connectivity index (χ1) is 12.2. The summed E-state index contributed by atoms with van der Waals surface area (Å²) in [6, 6.07) is 15.4. The van der Waals surface area contributed by atoms with Crippen LogP contribution < -0.4 is 0 Å². The molecule has 0 aliphatic heterocycles. The molecule has 0 atom stereocenters. The molecule has 124 valence electrons. The SMILES string of the molecule is CCOC(=O)c1ccc2ncc3c(C)nn(-c4ccccc4)c3c2c1. The number of benzene rings is 2. The molecule has 25 heavy (non-hydrogen) atoms. The van der Waals surface area contributed by atoms with E-state index >= 15 is 0 Å². The third-order valence-corrected chi connectivity index (χ3v) is 4.20. The molecule has 0 radical (unpaired) electrons. The minimum absolute atomic E-state index is 0.330. The van der Waals surface area contributed by atoms with Gasteiger partial charge in [-0.1, -0.05) is 18.2 Å². The molecule has 0 saturated heterocycles. The smallest absolute Gasteiger partial charge is 0.338 e. The first-order valence-corrected chi connectivity index (χ1v) is 8.19. The summed E-state index contributed by atoms with van der Waals surface area (Å²) < 4.78 is 7.03. The maximum absolute atomic E-state index is 12.1. The Balaban J connectivity index is 2.04. The average molecular weight is 331 g/mol.